The number of para-hydroxylation sites is 1. The second-order valence-corrected chi connectivity index (χ2v) is 5.88. The number of hydrogen-bond donors (Lipinski definition) is 3. The molecule has 0 saturated carbocycles. The van der Waals surface area contributed by atoms with Crippen molar-refractivity contribution in [3.05, 3.63) is 35.0 Å². The maximum Gasteiger partial charge on any atom is 0.274 e. The Morgan fingerprint density at radius 2 is 2.33 bits per heavy atom. The molecule has 1 aromatic carbocycles. The summed E-state index contributed by atoms with van der Waals surface area (Å²) >= 11 is 7.57. The number of aromatic nitrogens is 4. The molecule has 2 heterocycles. The zero-order valence-corrected chi connectivity index (χ0v) is 12.7. The summed E-state index contributed by atoms with van der Waals surface area (Å²) in [6.07, 6.45) is 0. The summed E-state index contributed by atoms with van der Waals surface area (Å²) in [7, 11) is 0. The van der Waals surface area contributed by atoms with Crippen LogP contribution in [0.2, 0.25) is 5.02 Å². The largest absolute Gasteiger partial charge is 0.349 e. The number of H-pyrrole nitrogens is 2. The van der Waals surface area contributed by atoms with Gasteiger partial charge < -0.3 is 4.98 Å². The van der Waals surface area contributed by atoms with E-state index in [2.05, 4.69) is 25.5 Å². The van der Waals surface area contributed by atoms with Gasteiger partial charge in [-0.05, 0) is 17.9 Å². The molecule has 0 aliphatic heterocycles. The van der Waals surface area contributed by atoms with Gasteiger partial charge in [-0.1, -0.05) is 42.4 Å². The Morgan fingerprint density at radius 3 is 3.10 bits per heavy atom. The van der Waals surface area contributed by atoms with E-state index in [-0.39, 0.29) is 5.91 Å². The van der Waals surface area contributed by atoms with Crippen LogP contribution in [0.5, 0.6) is 0 Å². The number of benzene rings is 1. The van der Waals surface area contributed by atoms with Crippen molar-refractivity contribution >= 4 is 46.1 Å². The fourth-order valence-corrected chi connectivity index (χ4v) is 2.67. The predicted molar refractivity (Wildman–Crippen MR) is 84.0 cm³/mol. The lowest BCUT2D eigenvalue weighted by Gasteiger charge is -1.97. The number of nitrogens with one attached hydrogen (secondary N) is 3. The highest BCUT2D eigenvalue weighted by Crippen LogP contribution is 2.23. The van der Waals surface area contributed by atoms with Gasteiger partial charge in [0.1, 0.15) is 5.69 Å². The number of fused-ring (bicyclic) bond motifs is 1. The van der Waals surface area contributed by atoms with E-state index in [9.17, 15) is 4.79 Å². The van der Waals surface area contributed by atoms with E-state index < -0.39 is 0 Å². The van der Waals surface area contributed by atoms with Gasteiger partial charge in [0.05, 0.1) is 10.5 Å². The van der Waals surface area contributed by atoms with Crippen LogP contribution >= 0.6 is 23.4 Å². The number of carbonyl (C=O) groups excluding carboxylic acids is 1. The molecule has 0 spiro atoms. The van der Waals surface area contributed by atoms with Crippen LogP contribution in [0.15, 0.2) is 29.4 Å². The standard InChI is InChI=1S/C13H12ClN5OS/c1-2-21-13-17-12(18-19-13)16-11(20)9-6-7-4-3-5-8(14)10(7)15-9/h3-6,15H,2H2,1H3,(H2,16,17,18,19,20). The fraction of sp³-hybridized carbons (Fsp3) is 0.154. The highest BCUT2D eigenvalue weighted by Gasteiger charge is 2.13. The number of hydrogen-bond acceptors (Lipinski definition) is 4. The Hall–Kier alpha value is -1.99. The SMILES string of the molecule is CCSc1n[nH]c(NC(=O)c2cc3cccc(Cl)c3[nH]2)n1. The zero-order valence-electron chi connectivity index (χ0n) is 11.1. The minimum atomic E-state index is -0.300. The second kappa shape index (κ2) is 5.79. The van der Waals surface area contributed by atoms with Crippen LogP contribution in [0.25, 0.3) is 10.9 Å². The number of anilines is 1. The number of aromatic amines is 2. The molecule has 0 bridgehead atoms. The van der Waals surface area contributed by atoms with E-state index in [0.29, 0.717) is 21.8 Å². The Labute approximate surface area is 129 Å². The van der Waals surface area contributed by atoms with Gasteiger partial charge >= 0.3 is 0 Å². The van der Waals surface area contributed by atoms with Gasteiger partial charge in [-0.3, -0.25) is 10.1 Å². The molecule has 6 nitrogen and oxygen atoms in total. The molecule has 3 rings (SSSR count). The first-order valence-corrected chi connectivity index (χ1v) is 7.67. The van der Waals surface area contributed by atoms with E-state index >= 15 is 0 Å². The van der Waals surface area contributed by atoms with Crippen molar-refractivity contribution in [1.29, 1.82) is 0 Å². The van der Waals surface area contributed by atoms with Crippen LogP contribution < -0.4 is 5.32 Å². The van der Waals surface area contributed by atoms with E-state index in [4.69, 9.17) is 11.6 Å². The van der Waals surface area contributed by atoms with Gasteiger partial charge in [0.25, 0.3) is 5.91 Å². The van der Waals surface area contributed by atoms with Gasteiger partial charge in [-0.15, -0.1) is 5.10 Å². The van der Waals surface area contributed by atoms with E-state index in [1.807, 2.05) is 19.1 Å². The topological polar surface area (TPSA) is 86.5 Å². The molecule has 0 saturated heterocycles. The molecule has 3 aromatic rings. The third-order valence-electron chi connectivity index (χ3n) is 2.82. The maximum absolute atomic E-state index is 12.2. The van der Waals surface area contributed by atoms with Gasteiger partial charge in [0.15, 0.2) is 0 Å². The maximum atomic E-state index is 12.2. The average Bonchev–Trinajstić information content (AvgIpc) is 3.07. The van der Waals surface area contributed by atoms with Gasteiger partial charge in [0, 0.05) is 5.39 Å². The highest BCUT2D eigenvalue weighted by molar-refractivity contribution is 7.99. The lowest BCUT2D eigenvalue weighted by molar-refractivity contribution is 0.102. The number of amides is 1. The van der Waals surface area contributed by atoms with Crippen LogP contribution in [-0.2, 0) is 0 Å². The van der Waals surface area contributed by atoms with Crippen LogP contribution in [0.3, 0.4) is 0 Å². The summed E-state index contributed by atoms with van der Waals surface area (Å²) in [5, 5.41) is 11.4. The van der Waals surface area contributed by atoms with Crippen LogP contribution in [0, 0.1) is 0 Å². The minimum absolute atomic E-state index is 0.300. The summed E-state index contributed by atoms with van der Waals surface area (Å²) in [6, 6.07) is 7.24. The summed E-state index contributed by atoms with van der Waals surface area (Å²) in [4.78, 5) is 19.3. The van der Waals surface area contributed by atoms with Crippen LogP contribution in [0.4, 0.5) is 5.95 Å². The molecule has 8 heteroatoms. The Bertz CT molecular complexity index is 797. The second-order valence-electron chi connectivity index (χ2n) is 4.24. The van der Waals surface area contributed by atoms with E-state index in [1.165, 1.54) is 11.8 Å². The summed E-state index contributed by atoms with van der Waals surface area (Å²) < 4.78 is 0. The molecule has 108 valence electrons. The molecule has 0 unspecified atom stereocenters. The quantitative estimate of drug-likeness (QED) is 0.643. The van der Waals surface area contributed by atoms with Gasteiger partial charge in [-0.2, -0.15) is 4.98 Å². The molecule has 2 aromatic heterocycles. The molecular weight excluding hydrogens is 310 g/mol. The predicted octanol–water partition coefficient (Wildman–Crippen LogP) is 3.30. The Kier molecular flexibility index (Phi) is 3.85. The molecule has 21 heavy (non-hydrogen) atoms. The van der Waals surface area contributed by atoms with Crippen molar-refractivity contribution in [2.45, 2.75) is 12.1 Å². The third-order valence-corrected chi connectivity index (χ3v) is 3.86. The lowest BCUT2D eigenvalue weighted by atomic mass is 10.2. The number of nitrogens with zero attached hydrogens (tertiary/aromatic N) is 2. The van der Waals surface area contributed by atoms with E-state index in [1.54, 1.807) is 12.1 Å². The first-order valence-electron chi connectivity index (χ1n) is 6.31. The van der Waals surface area contributed by atoms with Crippen LogP contribution in [-0.4, -0.2) is 31.8 Å². The average molecular weight is 322 g/mol. The number of rotatable bonds is 4. The molecule has 0 radical (unpaired) electrons. The number of halogens is 1. The third kappa shape index (κ3) is 2.88. The fourth-order valence-electron chi connectivity index (χ4n) is 1.91. The minimum Gasteiger partial charge on any atom is -0.349 e. The van der Waals surface area contributed by atoms with Gasteiger partial charge in [-0.25, -0.2) is 5.10 Å². The molecule has 1 amide bonds. The van der Waals surface area contributed by atoms with Crippen molar-refractivity contribution in [3.63, 3.8) is 0 Å². The number of carbonyl (C=O) groups is 1. The van der Waals surface area contributed by atoms with E-state index in [0.717, 1.165) is 16.7 Å². The monoisotopic (exact) mass is 321 g/mol. The molecule has 0 aliphatic rings. The normalized spacial score (nSPS) is 11.0. The summed E-state index contributed by atoms with van der Waals surface area (Å²) in [5.74, 6) is 0.887. The summed E-state index contributed by atoms with van der Waals surface area (Å²) in [6.45, 7) is 2.01. The number of thioether (sulfide) groups is 1. The Balaban J connectivity index is 1.81. The van der Waals surface area contributed by atoms with Gasteiger partial charge in [0.2, 0.25) is 11.1 Å². The molecule has 3 N–H and O–H groups in total. The molecule has 0 atom stereocenters. The molecular formula is C13H12ClN5OS. The van der Waals surface area contributed by atoms with Crippen LogP contribution in [0.1, 0.15) is 17.4 Å². The van der Waals surface area contributed by atoms with Crippen molar-refractivity contribution < 1.29 is 4.79 Å². The first kappa shape index (κ1) is 14.0. The lowest BCUT2D eigenvalue weighted by Crippen LogP contribution is -2.13. The first-order chi connectivity index (χ1) is 10.2. The van der Waals surface area contributed by atoms with Crippen molar-refractivity contribution in [2.24, 2.45) is 0 Å². The zero-order chi connectivity index (χ0) is 14.8. The van der Waals surface area contributed by atoms with Crippen molar-refractivity contribution in [2.75, 3.05) is 11.1 Å². The Morgan fingerprint density at radius 1 is 1.48 bits per heavy atom. The molecule has 0 fully saturated rings. The molecule has 0 aliphatic carbocycles. The van der Waals surface area contributed by atoms with Crippen molar-refractivity contribution in [3.8, 4) is 0 Å². The smallest absolute Gasteiger partial charge is 0.274 e. The summed E-state index contributed by atoms with van der Waals surface area (Å²) in [5.41, 5.74) is 1.16. The van der Waals surface area contributed by atoms with Crippen molar-refractivity contribution in [1.82, 2.24) is 20.2 Å². The highest BCUT2D eigenvalue weighted by atomic mass is 35.5.